The first kappa shape index (κ1) is 11.2. The monoisotopic (exact) mass is 196 g/mol. The van der Waals surface area contributed by atoms with Crippen molar-refractivity contribution in [2.75, 3.05) is 6.54 Å². The van der Waals surface area contributed by atoms with Gasteiger partial charge in [0.05, 0.1) is 11.4 Å². The van der Waals surface area contributed by atoms with Crippen LogP contribution in [0.25, 0.3) is 0 Å². The Morgan fingerprint density at radius 3 is 2.71 bits per heavy atom. The van der Waals surface area contributed by atoms with Gasteiger partial charge in [-0.2, -0.15) is 0 Å². The average Bonchev–Trinajstić information content (AvgIpc) is 2.58. The molecule has 1 heterocycles. The van der Waals surface area contributed by atoms with Gasteiger partial charge in [0.2, 0.25) is 0 Å². The van der Waals surface area contributed by atoms with Gasteiger partial charge < -0.3 is 5.73 Å². The molecule has 0 aliphatic carbocycles. The van der Waals surface area contributed by atoms with Crippen molar-refractivity contribution in [3.63, 3.8) is 0 Å². The van der Waals surface area contributed by atoms with Crippen molar-refractivity contribution >= 4 is 0 Å². The van der Waals surface area contributed by atoms with E-state index in [9.17, 15) is 0 Å². The molecule has 0 aliphatic rings. The van der Waals surface area contributed by atoms with E-state index in [0.717, 1.165) is 25.1 Å². The van der Waals surface area contributed by atoms with Crippen LogP contribution in [0.1, 0.15) is 38.1 Å². The normalized spacial score (nSPS) is 10.8. The lowest BCUT2D eigenvalue weighted by Gasteiger charge is -2.04. The summed E-state index contributed by atoms with van der Waals surface area (Å²) in [6, 6.07) is 0. The van der Waals surface area contributed by atoms with Crippen LogP contribution in [0, 0.1) is 0 Å². The van der Waals surface area contributed by atoms with Gasteiger partial charge in [-0.25, -0.2) is 4.68 Å². The van der Waals surface area contributed by atoms with Gasteiger partial charge >= 0.3 is 0 Å². The van der Waals surface area contributed by atoms with Crippen molar-refractivity contribution in [2.24, 2.45) is 5.73 Å². The van der Waals surface area contributed by atoms with Gasteiger partial charge in [0.25, 0.3) is 0 Å². The predicted octanol–water partition coefficient (Wildman–Crippen LogP) is 1.14. The Labute approximate surface area is 85.5 Å². The SMILES string of the molecule is CCCCn1nnc(CCN)c1CC. The molecule has 0 saturated carbocycles. The number of aromatic nitrogens is 3. The second-order valence-electron chi connectivity index (χ2n) is 3.45. The van der Waals surface area contributed by atoms with Crippen molar-refractivity contribution in [2.45, 2.75) is 46.1 Å². The molecule has 0 saturated heterocycles. The lowest BCUT2D eigenvalue weighted by atomic mass is 10.2. The van der Waals surface area contributed by atoms with E-state index in [4.69, 9.17) is 5.73 Å². The van der Waals surface area contributed by atoms with Crippen LogP contribution in [0.4, 0.5) is 0 Å². The summed E-state index contributed by atoms with van der Waals surface area (Å²) >= 11 is 0. The van der Waals surface area contributed by atoms with Gasteiger partial charge in [-0.1, -0.05) is 25.5 Å². The van der Waals surface area contributed by atoms with Crippen molar-refractivity contribution in [1.29, 1.82) is 0 Å². The topological polar surface area (TPSA) is 56.7 Å². The molecule has 0 radical (unpaired) electrons. The largest absolute Gasteiger partial charge is 0.330 e. The Morgan fingerprint density at radius 2 is 2.14 bits per heavy atom. The lowest BCUT2D eigenvalue weighted by Crippen LogP contribution is -2.08. The molecule has 4 nitrogen and oxygen atoms in total. The average molecular weight is 196 g/mol. The highest BCUT2D eigenvalue weighted by molar-refractivity contribution is 5.10. The highest BCUT2D eigenvalue weighted by atomic mass is 15.4. The van der Waals surface area contributed by atoms with E-state index in [0.29, 0.717) is 6.54 Å². The molecule has 0 atom stereocenters. The molecule has 0 unspecified atom stereocenters. The van der Waals surface area contributed by atoms with E-state index in [-0.39, 0.29) is 0 Å². The zero-order valence-electron chi connectivity index (χ0n) is 9.16. The van der Waals surface area contributed by atoms with Gasteiger partial charge in [-0.3, -0.25) is 0 Å². The summed E-state index contributed by atoms with van der Waals surface area (Å²) < 4.78 is 2.02. The van der Waals surface area contributed by atoms with Crippen molar-refractivity contribution in [3.05, 3.63) is 11.4 Å². The van der Waals surface area contributed by atoms with Gasteiger partial charge in [0.15, 0.2) is 0 Å². The molecule has 0 spiro atoms. The smallest absolute Gasteiger partial charge is 0.0871 e. The zero-order chi connectivity index (χ0) is 10.4. The Bertz CT molecular complexity index is 267. The molecule has 1 rings (SSSR count). The minimum absolute atomic E-state index is 0.652. The third-order valence-electron chi connectivity index (χ3n) is 2.36. The van der Waals surface area contributed by atoms with Gasteiger partial charge in [0.1, 0.15) is 0 Å². The molecule has 0 fully saturated rings. The first-order valence-corrected chi connectivity index (χ1v) is 5.44. The van der Waals surface area contributed by atoms with Crippen LogP contribution in [0.5, 0.6) is 0 Å². The molecule has 1 aromatic rings. The molecule has 80 valence electrons. The maximum Gasteiger partial charge on any atom is 0.0871 e. The summed E-state index contributed by atoms with van der Waals surface area (Å²) in [5, 5.41) is 8.32. The minimum Gasteiger partial charge on any atom is -0.330 e. The molecular weight excluding hydrogens is 176 g/mol. The standard InChI is InChI=1S/C10H20N4/c1-3-5-8-14-10(4-2)9(6-7-11)12-13-14/h3-8,11H2,1-2H3. The van der Waals surface area contributed by atoms with E-state index in [1.54, 1.807) is 0 Å². The number of unbranched alkanes of at least 4 members (excludes halogenated alkanes) is 1. The van der Waals surface area contributed by atoms with Crippen molar-refractivity contribution < 1.29 is 0 Å². The fraction of sp³-hybridized carbons (Fsp3) is 0.800. The van der Waals surface area contributed by atoms with Crippen LogP contribution in [0.3, 0.4) is 0 Å². The third kappa shape index (κ3) is 2.54. The summed E-state index contributed by atoms with van der Waals surface area (Å²) in [6.07, 6.45) is 4.19. The van der Waals surface area contributed by atoms with E-state index in [1.807, 2.05) is 4.68 Å². The number of hydrogen-bond acceptors (Lipinski definition) is 3. The van der Waals surface area contributed by atoms with Crippen LogP contribution in [0.15, 0.2) is 0 Å². The van der Waals surface area contributed by atoms with Crippen LogP contribution in [-0.2, 0) is 19.4 Å². The summed E-state index contributed by atoms with van der Waals surface area (Å²) in [7, 11) is 0. The van der Waals surface area contributed by atoms with Crippen LogP contribution in [0.2, 0.25) is 0 Å². The molecule has 2 N–H and O–H groups in total. The Balaban J connectivity index is 2.73. The first-order valence-electron chi connectivity index (χ1n) is 5.44. The fourth-order valence-corrected chi connectivity index (χ4v) is 1.57. The molecule has 0 aromatic carbocycles. The van der Waals surface area contributed by atoms with Crippen molar-refractivity contribution in [3.8, 4) is 0 Å². The Kier molecular flexibility index (Phi) is 4.59. The maximum atomic E-state index is 5.52. The molecule has 1 aromatic heterocycles. The summed E-state index contributed by atoms with van der Waals surface area (Å²) in [5.74, 6) is 0. The maximum absolute atomic E-state index is 5.52. The van der Waals surface area contributed by atoms with Gasteiger partial charge in [-0.15, -0.1) is 5.10 Å². The number of nitrogens with zero attached hydrogens (tertiary/aromatic N) is 3. The summed E-state index contributed by atoms with van der Waals surface area (Å²) in [4.78, 5) is 0. The van der Waals surface area contributed by atoms with Gasteiger partial charge in [0, 0.05) is 13.0 Å². The Hall–Kier alpha value is -0.900. The van der Waals surface area contributed by atoms with Crippen molar-refractivity contribution in [1.82, 2.24) is 15.0 Å². The minimum atomic E-state index is 0.652. The second kappa shape index (κ2) is 5.75. The lowest BCUT2D eigenvalue weighted by molar-refractivity contribution is 0.535. The van der Waals surface area contributed by atoms with Gasteiger partial charge in [-0.05, 0) is 19.4 Å². The highest BCUT2D eigenvalue weighted by Crippen LogP contribution is 2.08. The molecule has 4 heteroatoms. The van der Waals surface area contributed by atoms with Crippen LogP contribution < -0.4 is 5.73 Å². The van der Waals surface area contributed by atoms with E-state index < -0.39 is 0 Å². The first-order chi connectivity index (χ1) is 6.83. The number of nitrogens with two attached hydrogens (primary N) is 1. The Morgan fingerprint density at radius 1 is 1.36 bits per heavy atom. The number of hydrogen-bond donors (Lipinski definition) is 1. The molecule has 0 amide bonds. The summed E-state index contributed by atoms with van der Waals surface area (Å²) in [6.45, 7) is 5.96. The van der Waals surface area contributed by atoms with E-state index in [1.165, 1.54) is 18.5 Å². The molecule has 14 heavy (non-hydrogen) atoms. The predicted molar refractivity (Wildman–Crippen MR) is 57.1 cm³/mol. The fourth-order valence-electron chi connectivity index (χ4n) is 1.57. The number of aryl methyl sites for hydroxylation is 1. The third-order valence-corrected chi connectivity index (χ3v) is 2.36. The van der Waals surface area contributed by atoms with E-state index in [2.05, 4.69) is 24.2 Å². The quantitative estimate of drug-likeness (QED) is 0.742. The number of rotatable bonds is 6. The summed E-state index contributed by atoms with van der Waals surface area (Å²) in [5.41, 5.74) is 7.85. The zero-order valence-corrected chi connectivity index (χ0v) is 9.16. The van der Waals surface area contributed by atoms with Crippen LogP contribution in [-0.4, -0.2) is 21.5 Å². The van der Waals surface area contributed by atoms with E-state index >= 15 is 0 Å². The molecule has 0 bridgehead atoms. The highest BCUT2D eigenvalue weighted by Gasteiger charge is 2.09. The molecular formula is C10H20N4. The van der Waals surface area contributed by atoms with Crippen LogP contribution >= 0.6 is 0 Å². The second-order valence-corrected chi connectivity index (χ2v) is 3.45. The molecule has 0 aliphatic heterocycles.